The van der Waals surface area contributed by atoms with E-state index in [-0.39, 0.29) is 13.2 Å². The summed E-state index contributed by atoms with van der Waals surface area (Å²) < 4.78 is 9.66. The van der Waals surface area contributed by atoms with Crippen molar-refractivity contribution in [3.8, 4) is 5.75 Å². The van der Waals surface area contributed by atoms with Gasteiger partial charge in [-0.1, -0.05) is 0 Å². The second kappa shape index (κ2) is 5.21. The molecular formula is C10H13NO4. The Labute approximate surface area is 87.4 Å². The molecule has 0 saturated carbocycles. The number of methoxy groups -OCH3 is 1. The highest BCUT2D eigenvalue weighted by atomic mass is 16.5. The van der Waals surface area contributed by atoms with Crippen LogP contribution in [0.4, 0.5) is 5.69 Å². The van der Waals surface area contributed by atoms with Crippen LogP contribution in [0.5, 0.6) is 5.75 Å². The number of hydrogen-bond donors (Lipinski definition) is 2. The number of ether oxygens (including phenoxy) is 2. The van der Waals surface area contributed by atoms with Gasteiger partial charge in [0.15, 0.2) is 0 Å². The molecule has 0 bridgehead atoms. The van der Waals surface area contributed by atoms with E-state index in [4.69, 9.17) is 20.3 Å². The fourth-order valence-electron chi connectivity index (χ4n) is 1.08. The van der Waals surface area contributed by atoms with Crippen molar-refractivity contribution >= 4 is 11.7 Å². The quantitative estimate of drug-likeness (QED) is 0.557. The minimum Gasteiger partial charge on any atom is -0.495 e. The van der Waals surface area contributed by atoms with Crippen LogP contribution in [-0.4, -0.2) is 31.4 Å². The van der Waals surface area contributed by atoms with E-state index in [9.17, 15) is 4.79 Å². The zero-order valence-electron chi connectivity index (χ0n) is 8.40. The standard InChI is InChI=1S/C10H13NO4/c1-14-9-3-2-7(6-8(9)11)10(13)15-5-4-12/h2-3,6,12H,4-5,11H2,1H3. The summed E-state index contributed by atoms with van der Waals surface area (Å²) in [6.45, 7) is -0.220. The van der Waals surface area contributed by atoms with E-state index in [0.717, 1.165) is 0 Å². The maximum absolute atomic E-state index is 11.3. The molecule has 0 atom stereocenters. The highest BCUT2D eigenvalue weighted by Crippen LogP contribution is 2.22. The van der Waals surface area contributed by atoms with E-state index < -0.39 is 5.97 Å². The molecule has 0 unspecified atom stereocenters. The summed E-state index contributed by atoms with van der Waals surface area (Å²) in [4.78, 5) is 11.3. The molecule has 0 aromatic heterocycles. The minimum atomic E-state index is -0.515. The minimum absolute atomic E-state index is 0.0230. The van der Waals surface area contributed by atoms with Gasteiger partial charge in [-0.25, -0.2) is 4.79 Å². The number of nitrogen functional groups attached to an aromatic ring is 1. The van der Waals surface area contributed by atoms with Gasteiger partial charge < -0.3 is 20.3 Å². The Morgan fingerprint density at radius 2 is 2.27 bits per heavy atom. The van der Waals surface area contributed by atoms with Gasteiger partial charge in [0.25, 0.3) is 0 Å². The van der Waals surface area contributed by atoms with E-state index in [1.54, 1.807) is 12.1 Å². The normalized spacial score (nSPS) is 9.73. The van der Waals surface area contributed by atoms with Gasteiger partial charge in [0.2, 0.25) is 0 Å². The van der Waals surface area contributed by atoms with Crippen molar-refractivity contribution < 1.29 is 19.4 Å². The number of hydrogen-bond acceptors (Lipinski definition) is 5. The van der Waals surface area contributed by atoms with Crippen LogP contribution in [0.15, 0.2) is 18.2 Å². The number of aliphatic hydroxyl groups is 1. The largest absolute Gasteiger partial charge is 0.495 e. The van der Waals surface area contributed by atoms with E-state index in [0.29, 0.717) is 17.0 Å². The summed E-state index contributed by atoms with van der Waals surface area (Å²) in [5, 5.41) is 8.48. The number of benzene rings is 1. The maximum atomic E-state index is 11.3. The van der Waals surface area contributed by atoms with Gasteiger partial charge in [-0.15, -0.1) is 0 Å². The number of carbonyl (C=O) groups excluding carboxylic acids is 1. The number of esters is 1. The molecule has 0 saturated heterocycles. The summed E-state index contributed by atoms with van der Waals surface area (Å²) in [6.07, 6.45) is 0. The third kappa shape index (κ3) is 2.85. The molecule has 0 spiro atoms. The SMILES string of the molecule is COc1ccc(C(=O)OCCO)cc1N. The van der Waals surface area contributed by atoms with E-state index in [2.05, 4.69) is 0 Å². The number of nitrogens with two attached hydrogens (primary N) is 1. The highest BCUT2D eigenvalue weighted by molar-refractivity contribution is 5.91. The van der Waals surface area contributed by atoms with E-state index in [1.165, 1.54) is 13.2 Å². The van der Waals surface area contributed by atoms with Gasteiger partial charge in [0, 0.05) is 0 Å². The second-order valence-corrected chi connectivity index (χ2v) is 2.82. The fourth-order valence-corrected chi connectivity index (χ4v) is 1.08. The molecular weight excluding hydrogens is 198 g/mol. The predicted molar refractivity (Wildman–Crippen MR) is 54.8 cm³/mol. The number of rotatable bonds is 4. The monoisotopic (exact) mass is 211 g/mol. The van der Waals surface area contributed by atoms with Crippen LogP contribution in [-0.2, 0) is 4.74 Å². The zero-order chi connectivity index (χ0) is 11.3. The molecule has 5 nitrogen and oxygen atoms in total. The van der Waals surface area contributed by atoms with Crippen LogP contribution >= 0.6 is 0 Å². The van der Waals surface area contributed by atoms with Crippen LogP contribution < -0.4 is 10.5 Å². The molecule has 82 valence electrons. The number of aliphatic hydroxyl groups excluding tert-OH is 1. The van der Waals surface area contributed by atoms with Gasteiger partial charge in [0.1, 0.15) is 12.4 Å². The first-order chi connectivity index (χ1) is 7.19. The Morgan fingerprint density at radius 3 is 2.80 bits per heavy atom. The van der Waals surface area contributed by atoms with Crippen molar-refractivity contribution in [1.29, 1.82) is 0 Å². The van der Waals surface area contributed by atoms with Gasteiger partial charge in [-0.3, -0.25) is 0 Å². The molecule has 0 aliphatic heterocycles. The van der Waals surface area contributed by atoms with E-state index in [1.807, 2.05) is 0 Å². The van der Waals surface area contributed by atoms with Gasteiger partial charge in [-0.2, -0.15) is 0 Å². The molecule has 1 aromatic carbocycles. The van der Waals surface area contributed by atoms with E-state index >= 15 is 0 Å². The second-order valence-electron chi connectivity index (χ2n) is 2.82. The Morgan fingerprint density at radius 1 is 1.53 bits per heavy atom. The van der Waals surface area contributed by atoms with Gasteiger partial charge in [-0.05, 0) is 18.2 Å². The molecule has 1 aromatic rings. The smallest absolute Gasteiger partial charge is 0.338 e. The van der Waals surface area contributed by atoms with Gasteiger partial charge in [0.05, 0.1) is 25.0 Å². The Hall–Kier alpha value is -1.75. The molecule has 0 aliphatic carbocycles. The fraction of sp³-hybridized carbons (Fsp3) is 0.300. The molecule has 0 amide bonds. The van der Waals surface area contributed by atoms with Crippen LogP contribution in [0.1, 0.15) is 10.4 Å². The summed E-state index contributed by atoms with van der Waals surface area (Å²) in [5.41, 5.74) is 6.32. The van der Waals surface area contributed by atoms with Crippen LogP contribution in [0.2, 0.25) is 0 Å². The molecule has 0 fully saturated rings. The Kier molecular flexibility index (Phi) is 3.93. The van der Waals surface area contributed by atoms with Crippen LogP contribution in [0.3, 0.4) is 0 Å². The van der Waals surface area contributed by atoms with Gasteiger partial charge >= 0.3 is 5.97 Å². The Balaban J connectivity index is 2.78. The van der Waals surface area contributed by atoms with Crippen molar-refractivity contribution in [2.24, 2.45) is 0 Å². The average molecular weight is 211 g/mol. The third-order valence-corrected chi connectivity index (χ3v) is 1.79. The molecule has 0 heterocycles. The topological polar surface area (TPSA) is 81.8 Å². The average Bonchev–Trinajstić information content (AvgIpc) is 2.25. The lowest BCUT2D eigenvalue weighted by molar-refractivity contribution is 0.0434. The lowest BCUT2D eigenvalue weighted by atomic mass is 10.2. The molecule has 0 radical (unpaired) electrons. The summed E-state index contributed by atoms with van der Waals surface area (Å²) in [7, 11) is 1.50. The summed E-state index contributed by atoms with van der Waals surface area (Å²) in [5.74, 6) is -0.00730. The van der Waals surface area contributed by atoms with Crippen LogP contribution in [0.25, 0.3) is 0 Å². The molecule has 1 rings (SSSR count). The highest BCUT2D eigenvalue weighted by Gasteiger charge is 2.09. The van der Waals surface area contributed by atoms with Crippen LogP contribution in [0, 0.1) is 0 Å². The Bertz CT molecular complexity index is 351. The molecule has 15 heavy (non-hydrogen) atoms. The molecule has 3 N–H and O–H groups in total. The number of anilines is 1. The first-order valence-electron chi connectivity index (χ1n) is 4.40. The number of carbonyl (C=O) groups is 1. The predicted octanol–water partition coefficient (Wildman–Crippen LogP) is 0.427. The third-order valence-electron chi connectivity index (χ3n) is 1.79. The van der Waals surface area contributed by atoms with Crippen molar-refractivity contribution in [1.82, 2.24) is 0 Å². The van der Waals surface area contributed by atoms with Crippen molar-refractivity contribution in [3.63, 3.8) is 0 Å². The lowest BCUT2D eigenvalue weighted by Crippen LogP contribution is -2.09. The zero-order valence-corrected chi connectivity index (χ0v) is 8.40. The molecule has 5 heteroatoms. The van der Waals surface area contributed by atoms with Crippen molar-refractivity contribution in [3.05, 3.63) is 23.8 Å². The lowest BCUT2D eigenvalue weighted by Gasteiger charge is -2.06. The summed E-state index contributed by atoms with van der Waals surface area (Å²) in [6, 6.07) is 4.61. The maximum Gasteiger partial charge on any atom is 0.338 e. The molecule has 0 aliphatic rings. The first kappa shape index (κ1) is 11.3. The van der Waals surface area contributed by atoms with Crippen molar-refractivity contribution in [2.75, 3.05) is 26.1 Å². The first-order valence-corrected chi connectivity index (χ1v) is 4.40. The van der Waals surface area contributed by atoms with Crippen molar-refractivity contribution in [2.45, 2.75) is 0 Å². The summed E-state index contributed by atoms with van der Waals surface area (Å²) >= 11 is 0.